The Morgan fingerprint density at radius 1 is 1.02 bits per heavy atom. The van der Waals surface area contributed by atoms with E-state index in [2.05, 4.69) is 16.0 Å². The number of nitrogens with two attached hydrogens (primary N) is 1. The number of hydrogen-bond donors (Lipinski definition) is 6. The maximum atomic E-state index is 13.0. The second-order valence-electron chi connectivity index (χ2n) is 10.5. The number of ether oxygens (including phenoxy) is 1. The van der Waals surface area contributed by atoms with Crippen LogP contribution in [-0.2, 0) is 19.1 Å². The molecule has 2 atom stereocenters. The molecule has 0 spiro atoms. The van der Waals surface area contributed by atoms with Gasteiger partial charge in [0.05, 0.1) is 5.56 Å². The zero-order chi connectivity index (χ0) is 33.1. The van der Waals surface area contributed by atoms with E-state index in [1.807, 2.05) is 21.6 Å². The molecule has 0 saturated carbocycles. The lowest BCUT2D eigenvalue weighted by atomic mass is 9.80. The molecule has 2 aromatic carbocycles. The van der Waals surface area contributed by atoms with Gasteiger partial charge in [-0.3, -0.25) is 14.4 Å². The maximum absolute atomic E-state index is 13.0. The van der Waals surface area contributed by atoms with Crippen molar-refractivity contribution < 1.29 is 34.0 Å². The fourth-order valence-corrected chi connectivity index (χ4v) is 9.32. The highest BCUT2D eigenvalue weighted by molar-refractivity contribution is 8.77. The van der Waals surface area contributed by atoms with Gasteiger partial charge in [-0.2, -0.15) is 0 Å². The Balaban J connectivity index is 1.39. The fraction of sp³-hybridized carbons (Fsp3) is 0.467. The number of rotatable bonds is 20. The van der Waals surface area contributed by atoms with Crippen LogP contribution in [0, 0.1) is 0 Å². The summed E-state index contributed by atoms with van der Waals surface area (Å²) in [4.78, 5) is 50.2. The third kappa shape index (κ3) is 14.9. The van der Waals surface area contributed by atoms with Crippen molar-refractivity contribution in [2.24, 2.45) is 0 Å². The van der Waals surface area contributed by atoms with Gasteiger partial charge < -0.3 is 36.5 Å². The molecule has 1 aliphatic rings. The van der Waals surface area contributed by atoms with Gasteiger partial charge in [-0.25, -0.2) is 4.79 Å². The molecule has 2 aromatic rings. The van der Waals surface area contributed by atoms with Gasteiger partial charge in [0.25, 0.3) is 0 Å². The van der Waals surface area contributed by atoms with Gasteiger partial charge in [0.1, 0.15) is 12.6 Å². The van der Waals surface area contributed by atoms with Crippen LogP contribution in [0.5, 0.6) is 0 Å². The summed E-state index contributed by atoms with van der Waals surface area (Å²) in [5.41, 5.74) is 7.34. The average Bonchev–Trinajstić information content (AvgIpc) is 3.56. The highest BCUT2D eigenvalue weighted by Crippen LogP contribution is 2.39. The van der Waals surface area contributed by atoms with Crippen molar-refractivity contribution in [1.82, 2.24) is 10.6 Å². The molecule has 1 unspecified atom stereocenters. The molecular formula is C30H41BN4O7S4. The third-order valence-corrected chi connectivity index (χ3v) is 12.2. The molecule has 3 rings (SSSR count). The second kappa shape index (κ2) is 21.4. The first-order valence-electron chi connectivity index (χ1n) is 15.1. The van der Waals surface area contributed by atoms with Crippen molar-refractivity contribution in [1.29, 1.82) is 0 Å². The average molecular weight is 709 g/mol. The van der Waals surface area contributed by atoms with E-state index in [9.17, 15) is 29.2 Å². The molecule has 0 aromatic heterocycles. The highest BCUT2D eigenvalue weighted by atomic mass is 33.1. The lowest BCUT2D eigenvalue weighted by Gasteiger charge is -2.18. The molecule has 3 amide bonds. The SMILES string of the molecule is Nc1ccc(C(=O)OCCSSCC(NC(=O)CCCC[C@@H]2CCSS2)C(=O)NCCCC(=O)Nc2cccc(B(O)O)c2)cc1. The molecule has 250 valence electrons. The number of esters is 1. The Morgan fingerprint density at radius 3 is 2.54 bits per heavy atom. The Bertz CT molecular complexity index is 1270. The number of nitrogens with one attached hydrogen (secondary N) is 3. The van der Waals surface area contributed by atoms with Gasteiger partial charge in [-0.15, -0.1) is 0 Å². The number of amides is 3. The predicted octanol–water partition coefficient (Wildman–Crippen LogP) is 3.22. The normalized spacial score (nSPS) is 14.7. The summed E-state index contributed by atoms with van der Waals surface area (Å²) in [6.07, 6.45) is 4.89. The number of unbranched alkanes of at least 4 members (excludes halogenated alkanes) is 1. The zero-order valence-electron chi connectivity index (χ0n) is 25.5. The van der Waals surface area contributed by atoms with Gasteiger partial charge in [-0.1, -0.05) is 61.7 Å². The van der Waals surface area contributed by atoms with Gasteiger partial charge in [0.15, 0.2) is 0 Å². The number of carbonyl (C=O) groups is 4. The largest absolute Gasteiger partial charge is 0.488 e. The molecule has 1 aliphatic heterocycles. The van der Waals surface area contributed by atoms with Crippen molar-refractivity contribution in [3.8, 4) is 0 Å². The van der Waals surface area contributed by atoms with E-state index in [1.165, 1.54) is 45.9 Å². The topological polar surface area (TPSA) is 180 Å². The van der Waals surface area contributed by atoms with Crippen LogP contribution in [0.4, 0.5) is 11.4 Å². The van der Waals surface area contributed by atoms with Crippen LogP contribution >= 0.6 is 43.2 Å². The Kier molecular flexibility index (Phi) is 17.7. The summed E-state index contributed by atoms with van der Waals surface area (Å²) >= 11 is 0. The summed E-state index contributed by atoms with van der Waals surface area (Å²) < 4.78 is 5.30. The molecule has 0 bridgehead atoms. The fourth-order valence-electron chi connectivity index (χ4n) is 4.30. The van der Waals surface area contributed by atoms with Gasteiger partial charge in [0, 0.05) is 53.3 Å². The Morgan fingerprint density at radius 2 is 1.80 bits per heavy atom. The van der Waals surface area contributed by atoms with Crippen LogP contribution < -0.4 is 27.1 Å². The van der Waals surface area contributed by atoms with Crippen LogP contribution in [-0.4, -0.2) is 82.6 Å². The first-order chi connectivity index (χ1) is 22.2. The monoisotopic (exact) mass is 708 g/mol. The molecule has 7 N–H and O–H groups in total. The maximum Gasteiger partial charge on any atom is 0.488 e. The van der Waals surface area contributed by atoms with E-state index in [4.69, 9.17) is 10.5 Å². The van der Waals surface area contributed by atoms with E-state index in [-0.39, 0.29) is 42.8 Å². The minimum Gasteiger partial charge on any atom is -0.461 e. The van der Waals surface area contributed by atoms with Crippen molar-refractivity contribution in [3.05, 3.63) is 54.1 Å². The molecule has 46 heavy (non-hydrogen) atoms. The number of anilines is 2. The van der Waals surface area contributed by atoms with Crippen LogP contribution in [0.25, 0.3) is 0 Å². The molecular weight excluding hydrogens is 667 g/mol. The van der Waals surface area contributed by atoms with E-state index in [0.29, 0.717) is 46.5 Å². The first-order valence-corrected chi connectivity index (χ1v) is 20.0. The molecule has 0 aliphatic carbocycles. The summed E-state index contributed by atoms with van der Waals surface area (Å²) in [5, 5.41) is 27.7. The number of nitrogen functional groups attached to an aromatic ring is 1. The zero-order valence-corrected chi connectivity index (χ0v) is 28.7. The Hall–Kier alpha value is -2.50. The van der Waals surface area contributed by atoms with E-state index >= 15 is 0 Å². The second-order valence-corrected chi connectivity index (χ2v) is 15.9. The predicted molar refractivity (Wildman–Crippen MR) is 192 cm³/mol. The lowest BCUT2D eigenvalue weighted by molar-refractivity contribution is -0.128. The quantitative estimate of drug-likeness (QED) is 0.0390. The molecule has 1 fully saturated rings. The van der Waals surface area contributed by atoms with Gasteiger partial charge in [0.2, 0.25) is 17.7 Å². The smallest absolute Gasteiger partial charge is 0.461 e. The van der Waals surface area contributed by atoms with Crippen LogP contribution in [0.3, 0.4) is 0 Å². The lowest BCUT2D eigenvalue weighted by Crippen LogP contribution is -2.48. The van der Waals surface area contributed by atoms with Crippen molar-refractivity contribution in [3.63, 3.8) is 0 Å². The van der Waals surface area contributed by atoms with E-state index in [0.717, 1.165) is 19.3 Å². The molecule has 16 heteroatoms. The third-order valence-electron chi connectivity index (χ3n) is 6.77. The molecule has 1 saturated heterocycles. The first kappa shape index (κ1) is 38.0. The summed E-state index contributed by atoms with van der Waals surface area (Å²) in [6.45, 7) is 0.429. The van der Waals surface area contributed by atoms with E-state index < -0.39 is 19.1 Å². The number of hydrogen-bond acceptors (Lipinski definition) is 12. The van der Waals surface area contributed by atoms with Gasteiger partial charge in [-0.05, 0) is 67.5 Å². The highest BCUT2D eigenvalue weighted by Gasteiger charge is 2.22. The minimum absolute atomic E-state index is 0.140. The van der Waals surface area contributed by atoms with E-state index in [1.54, 1.807) is 36.4 Å². The van der Waals surface area contributed by atoms with Crippen LogP contribution in [0.15, 0.2) is 48.5 Å². The van der Waals surface area contributed by atoms with Crippen molar-refractivity contribution in [2.75, 3.05) is 41.5 Å². The van der Waals surface area contributed by atoms with Crippen LogP contribution in [0.2, 0.25) is 0 Å². The van der Waals surface area contributed by atoms with Crippen LogP contribution in [0.1, 0.15) is 55.3 Å². The van der Waals surface area contributed by atoms with Crippen molar-refractivity contribution in [2.45, 2.75) is 56.2 Å². The summed E-state index contributed by atoms with van der Waals surface area (Å²) in [6, 6.07) is 12.0. The molecule has 11 nitrogen and oxygen atoms in total. The summed E-state index contributed by atoms with van der Waals surface area (Å²) in [7, 11) is 5.04. The molecule has 1 heterocycles. The van der Waals surface area contributed by atoms with Gasteiger partial charge >= 0.3 is 13.1 Å². The molecule has 0 radical (unpaired) electrons. The number of benzene rings is 2. The number of carbonyl (C=O) groups excluding carboxylic acids is 4. The Labute approximate surface area is 286 Å². The van der Waals surface area contributed by atoms with Crippen molar-refractivity contribution >= 4 is 90.8 Å². The standard InChI is InChI=1S/C30H41BN4O7S4/c32-23-12-10-21(11-13-23)30(39)42-16-18-43-45-20-26(35-28(37)8-2-1-7-25-14-17-44-46-25)29(38)33-15-4-9-27(36)34-24-6-3-5-22(19-24)31(40)41/h3,5-6,10-13,19,25-26,40-41H,1-2,4,7-9,14-18,20,32H2,(H,33,38)(H,34,36)(H,35,37)/t25-,26?/m1/s1. The minimum atomic E-state index is -1.63. The summed E-state index contributed by atoms with van der Waals surface area (Å²) in [5.74, 6) is 0.778.